The molecular weight excluding hydrogens is 681 g/mol. The second-order valence-electron chi connectivity index (χ2n) is 12.0. The van der Waals surface area contributed by atoms with E-state index in [1.165, 1.54) is 35.2 Å². The van der Waals surface area contributed by atoms with E-state index < -0.39 is 34.3 Å². The van der Waals surface area contributed by atoms with Gasteiger partial charge >= 0.3 is 0 Å². The lowest BCUT2D eigenvalue weighted by Crippen LogP contribution is -2.55. The lowest BCUT2D eigenvalue weighted by atomic mass is 9.94. The van der Waals surface area contributed by atoms with Gasteiger partial charge in [0.15, 0.2) is 0 Å². The van der Waals surface area contributed by atoms with Crippen molar-refractivity contribution in [3.05, 3.63) is 130 Å². The predicted molar refractivity (Wildman–Crippen MR) is 186 cm³/mol. The molecule has 1 unspecified atom stereocenters. The summed E-state index contributed by atoms with van der Waals surface area (Å²) >= 11 is 3.50. The first-order valence-electron chi connectivity index (χ1n) is 15.8. The minimum atomic E-state index is -4.39. The van der Waals surface area contributed by atoms with Gasteiger partial charge in [-0.2, -0.15) is 0 Å². The zero-order valence-corrected chi connectivity index (χ0v) is 28.7. The lowest BCUT2D eigenvalue weighted by molar-refractivity contribution is -0.140. The van der Waals surface area contributed by atoms with Gasteiger partial charge in [-0.3, -0.25) is 13.9 Å². The molecular formula is C37H39BrFN3O4S. The molecule has 4 aromatic rings. The van der Waals surface area contributed by atoms with Gasteiger partial charge in [-0.1, -0.05) is 107 Å². The highest BCUT2D eigenvalue weighted by molar-refractivity contribution is 9.10. The topological polar surface area (TPSA) is 86.8 Å². The Kier molecular flexibility index (Phi) is 11.5. The molecule has 1 atom stereocenters. The maximum Gasteiger partial charge on any atom is 0.264 e. The van der Waals surface area contributed by atoms with Crippen molar-refractivity contribution in [2.24, 2.45) is 0 Å². The molecule has 10 heteroatoms. The lowest BCUT2D eigenvalue weighted by Gasteiger charge is -2.35. The van der Waals surface area contributed by atoms with Gasteiger partial charge in [0.2, 0.25) is 11.8 Å². The molecule has 0 aliphatic heterocycles. The molecule has 7 nitrogen and oxygen atoms in total. The number of aryl methyl sites for hydroxylation is 1. The van der Waals surface area contributed by atoms with Gasteiger partial charge in [0.05, 0.1) is 10.6 Å². The average molecular weight is 721 g/mol. The maximum absolute atomic E-state index is 15.3. The molecule has 0 aromatic heterocycles. The summed E-state index contributed by atoms with van der Waals surface area (Å²) in [4.78, 5) is 30.1. The Morgan fingerprint density at radius 2 is 1.53 bits per heavy atom. The minimum absolute atomic E-state index is 0.00540. The van der Waals surface area contributed by atoms with Crippen molar-refractivity contribution in [2.75, 3.05) is 10.8 Å². The van der Waals surface area contributed by atoms with Crippen molar-refractivity contribution >= 4 is 43.5 Å². The number of nitrogens with zero attached hydrogens (tertiary/aromatic N) is 2. The number of carbonyl (C=O) groups excluding carboxylic acids is 2. The SMILES string of the molecule is Cc1ccc(S(=O)(=O)N(CC(=O)N(Cc2cccc(Br)c2)C(Cc2ccccc2)C(=O)NC2CCCCC2)c2ccccc2F)cc1. The van der Waals surface area contributed by atoms with Gasteiger partial charge in [-0.15, -0.1) is 0 Å². The number of carbonyl (C=O) groups is 2. The molecule has 0 bridgehead atoms. The first kappa shape index (κ1) is 34.3. The van der Waals surface area contributed by atoms with E-state index in [9.17, 15) is 18.0 Å². The average Bonchev–Trinajstić information content (AvgIpc) is 3.06. The second kappa shape index (κ2) is 15.7. The van der Waals surface area contributed by atoms with Crippen molar-refractivity contribution in [2.45, 2.75) is 69.0 Å². The third kappa shape index (κ3) is 8.87. The summed E-state index contributed by atoms with van der Waals surface area (Å²) in [6.45, 7) is 1.15. The van der Waals surface area contributed by atoms with Crippen LogP contribution in [0.25, 0.3) is 0 Å². The van der Waals surface area contributed by atoms with E-state index in [0.29, 0.717) is 0 Å². The number of anilines is 1. The molecule has 0 saturated heterocycles. The van der Waals surface area contributed by atoms with Crippen LogP contribution in [-0.2, 0) is 32.6 Å². The normalized spacial score (nSPS) is 14.3. The molecule has 0 radical (unpaired) electrons. The van der Waals surface area contributed by atoms with Crippen molar-refractivity contribution < 1.29 is 22.4 Å². The standard InChI is InChI=1S/C37H39BrFN3O4S/c1-27-19-21-32(22-20-27)47(45,46)42(34-18-9-8-17-33(34)39)26-36(43)41(25-29-13-10-14-30(38)23-29)35(24-28-11-4-2-5-12-28)37(44)40-31-15-6-3-7-16-31/h2,4-5,8-14,17-23,31,35H,3,6-7,15-16,24-26H2,1H3,(H,40,44). The Balaban J connectivity index is 1.57. The predicted octanol–water partition coefficient (Wildman–Crippen LogP) is 7.18. The van der Waals surface area contributed by atoms with E-state index in [1.54, 1.807) is 12.1 Å². The van der Waals surface area contributed by atoms with Gasteiger partial charge in [0, 0.05) is 23.5 Å². The summed E-state index contributed by atoms with van der Waals surface area (Å²) in [7, 11) is -4.39. The van der Waals surface area contributed by atoms with Crippen molar-refractivity contribution in [3.63, 3.8) is 0 Å². The number of rotatable bonds is 12. The fraction of sp³-hybridized carbons (Fsp3) is 0.297. The van der Waals surface area contributed by atoms with E-state index in [2.05, 4.69) is 21.2 Å². The Morgan fingerprint density at radius 1 is 0.872 bits per heavy atom. The van der Waals surface area contributed by atoms with Crippen LogP contribution < -0.4 is 9.62 Å². The first-order valence-corrected chi connectivity index (χ1v) is 18.1. The quantitative estimate of drug-likeness (QED) is 0.168. The molecule has 0 heterocycles. The van der Waals surface area contributed by atoms with Gasteiger partial charge in [-0.05, 0) is 67.3 Å². The molecule has 1 aliphatic rings. The zero-order valence-electron chi connectivity index (χ0n) is 26.3. The number of benzene rings is 4. The summed E-state index contributed by atoms with van der Waals surface area (Å²) in [6.07, 6.45) is 5.09. The monoisotopic (exact) mass is 719 g/mol. The molecule has 1 aliphatic carbocycles. The van der Waals surface area contributed by atoms with Crippen LogP contribution in [-0.4, -0.2) is 43.8 Å². The number of para-hydroxylation sites is 1. The molecule has 1 fully saturated rings. The van der Waals surface area contributed by atoms with E-state index in [4.69, 9.17) is 0 Å². The zero-order chi connectivity index (χ0) is 33.4. The van der Waals surface area contributed by atoms with E-state index in [0.717, 1.165) is 63.6 Å². The second-order valence-corrected chi connectivity index (χ2v) is 14.8. The summed E-state index contributed by atoms with van der Waals surface area (Å²) in [5, 5.41) is 3.19. The van der Waals surface area contributed by atoms with Gasteiger partial charge < -0.3 is 10.2 Å². The molecule has 47 heavy (non-hydrogen) atoms. The smallest absolute Gasteiger partial charge is 0.264 e. The summed E-state index contributed by atoms with van der Waals surface area (Å²) in [6, 6.07) is 27.5. The Bertz CT molecular complexity index is 1780. The van der Waals surface area contributed by atoms with Gasteiger partial charge in [0.1, 0.15) is 18.4 Å². The van der Waals surface area contributed by atoms with Crippen molar-refractivity contribution in [1.29, 1.82) is 0 Å². The van der Waals surface area contributed by atoms with E-state index in [-0.39, 0.29) is 35.5 Å². The van der Waals surface area contributed by atoms with Crippen LogP contribution in [0.1, 0.15) is 48.8 Å². The molecule has 0 spiro atoms. The van der Waals surface area contributed by atoms with Crippen LogP contribution in [0.2, 0.25) is 0 Å². The fourth-order valence-electron chi connectivity index (χ4n) is 5.94. The third-order valence-corrected chi connectivity index (χ3v) is 10.7. The van der Waals surface area contributed by atoms with Crippen LogP contribution in [0, 0.1) is 12.7 Å². The Hall–Kier alpha value is -4.02. The number of halogens is 2. The largest absolute Gasteiger partial charge is 0.352 e. The number of sulfonamides is 1. The summed E-state index contributed by atoms with van der Waals surface area (Å²) in [5.74, 6) is -1.73. The number of hydrogen-bond acceptors (Lipinski definition) is 4. The third-order valence-electron chi connectivity index (χ3n) is 8.47. The molecule has 5 rings (SSSR count). The summed E-state index contributed by atoms with van der Waals surface area (Å²) < 4.78 is 45.2. The number of nitrogens with one attached hydrogen (secondary N) is 1. The van der Waals surface area contributed by atoms with Crippen LogP contribution >= 0.6 is 15.9 Å². The van der Waals surface area contributed by atoms with Crippen LogP contribution in [0.4, 0.5) is 10.1 Å². The highest BCUT2D eigenvalue weighted by atomic mass is 79.9. The fourth-order valence-corrected chi connectivity index (χ4v) is 7.80. The first-order chi connectivity index (χ1) is 22.6. The molecule has 4 aromatic carbocycles. The van der Waals surface area contributed by atoms with Crippen molar-refractivity contribution in [3.8, 4) is 0 Å². The van der Waals surface area contributed by atoms with Gasteiger partial charge in [0.25, 0.3) is 10.0 Å². The summed E-state index contributed by atoms with van der Waals surface area (Å²) in [5.41, 5.74) is 2.19. The minimum Gasteiger partial charge on any atom is -0.352 e. The van der Waals surface area contributed by atoms with Crippen molar-refractivity contribution in [1.82, 2.24) is 10.2 Å². The van der Waals surface area contributed by atoms with Crippen LogP contribution in [0.5, 0.6) is 0 Å². The molecule has 1 N–H and O–H groups in total. The Morgan fingerprint density at radius 3 is 2.21 bits per heavy atom. The number of amides is 2. The highest BCUT2D eigenvalue weighted by Gasteiger charge is 2.36. The Labute approximate surface area is 285 Å². The maximum atomic E-state index is 15.3. The number of hydrogen-bond donors (Lipinski definition) is 1. The highest BCUT2D eigenvalue weighted by Crippen LogP contribution is 2.28. The van der Waals surface area contributed by atoms with Gasteiger partial charge in [-0.25, -0.2) is 12.8 Å². The molecule has 1 saturated carbocycles. The van der Waals surface area contributed by atoms with Crippen LogP contribution in [0.3, 0.4) is 0 Å². The van der Waals surface area contributed by atoms with E-state index >= 15 is 4.39 Å². The van der Waals surface area contributed by atoms with Crippen LogP contribution in [0.15, 0.2) is 112 Å². The van der Waals surface area contributed by atoms with E-state index in [1.807, 2.05) is 61.5 Å². The molecule has 246 valence electrons. The molecule has 2 amide bonds.